The maximum Gasteiger partial charge on any atom is 0.340 e. The molecule has 33 heavy (non-hydrogen) atoms. The highest BCUT2D eigenvalue weighted by Crippen LogP contribution is 2.50. The number of benzene rings is 2. The molecule has 0 amide bonds. The van der Waals surface area contributed by atoms with E-state index in [9.17, 15) is 4.79 Å². The molecule has 3 aliphatic rings. The Kier molecular flexibility index (Phi) is 4.98. The van der Waals surface area contributed by atoms with Crippen LogP contribution in [0.3, 0.4) is 0 Å². The van der Waals surface area contributed by atoms with Gasteiger partial charge in [-0.15, -0.1) is 0 Å². The molecule has 0 saturated carbocycles. The van der Waals surface area contributed by atoms with Gasteiger partial charge in [0.2, 0.25) is 0 Å². The Balaban J connectivity index is 1.37. The van der Waals surface area contributed by atoms with E-state index in [0.29, 0.717) is 11.5 Å². The normalized spacial score (nSPS) is 24.5. The predicted octanol–water partition coefficient (Wildman–Crippen LogP) is 5.67. The molecule has 1 spiro atoms. The molecule has 2 saturated heterocycles. The smallest absolute Gasteiger partial charge is 0.340 e. The van der Waals surface area contributed by atoms with Gasteiger partial charge in [0.1, 0.15) is 12.4 Å². The van der Waals surface area contributed by atoms with Gasteiger partial charge in [0.15, 0.2) is 5.72 Å². The number of nitrogens with zero attached hydrogens (tertiary/aromatic N) is 1. The Bertz CT molecular complexity index is 1230. The van der Waals surface area contributed by atoms with Crippen molar-refractivity contribution in [3.8, 4) is 5.75 Å². The van der Waals surface area contributed by atoms with E-state index in [2.05, 4.69) is 28.1 Å². The number of esters is 1. The van der Waals surface area contributed by atoms with Crippen LogP contribution in [0.4, 0.5) is 0 Å². The van der Waals surface area contributed by atoms with Gasteiger partial charge in [-0.05, 0) is 63.6 Å². The van der Waals surface area contributed by atoms with Crippen LogP contribution in [-0.4, -0.2) is 34.7 Å². The van der Waals surface area contributed by atoms with Gasteiger partial charge in [-0.1, -0.05) is 29.8 Å². The number of piperidine rings is 2. The van der Waals surface area contributed by atoms with Crippen molar-refractivity contribution in [2.24, 2.45) is 5.92 Å². The van der Waals surface area contributed by atoms with Gasteiger partial charge in [0, 0.05) is 47.6 Å². The number of H-pyrrole nitrogens is 1. The monoisotopic (exact) mass is 444 g/mol. The van der Waals surface area contributed by atoms with Gasteiger partial charge in [-0.3, -0.25) is 4.90 Å². The minimum Gasteiger partial charge on any atom is -0.472 e. The van der Waals surface area contributed by atoms with E-state index in [1.54, 1.807) is 0 Å². The summed E-state index contributed by atoms with van der Waals surface area (Å²) in [6.07, 6.45) is 6.95. The van der Waals surface area contributed by atoms with Crippen molar-refractivity contribution < 1.29 is 14.3 Å². The van der Waals surface area contributed by atoms with E-state index < -0.39 is 0 Å². The average Bonchev–Trinajstić information content (AvgIpc) is 3.16. The molecule has 2 unspecified atom stereocenters. The lowest BCUT2D eigenvalue weighted by Crippen LogP contribution is -2.64. The summed E-state index contributed by atoms with van der Waals surface area (Å²) in [6, 6.07) is 12.3. The number of aryl methyl sites for hydroxylation is 2. The summed E-state index contributed by atoms with van der Waals surface area (Å²) >= 11 is 0. The SMILES string of the molecule is Cc1cccc(COC(=O)c2c(C)[nH]c3ccc4c(c23)CC2CCCN3CCCCC23O4)c1. The number of hydrogen-bond donors (Lipinski definition) is 1. The van der Waals surface area contributed by atoms with Crippen molar-refractivity contribution in [1.82, 2.24) is 9.88 Å². The Morgan fingerprint density at radius 3 is 2.94 bits per heavy atom. The number of aromatic nitrogens is 1. The topological polar surface area (TPSA) is 54.6 Å². The van der Waals surface area contributed by atoms with Gasteiger partial charge in [0.25, 0.3) is 0 Å². The molecule has 1 aromatic heterocycles. The maximum atomic E-state index is 13.3. The predicted molar refractivity (Wildman–Crippen MR) is 129 cm³/mol. The molecule has 1 N–H and O–H groups in total. The van der Waals surface area contributed by atoms with E-state index in [1.165, 1.54) is 31.2 Å². The second-order valence-electron chi connectivity index (χ2n) is 10.1. The van der Waals surface area contributed by atoms with Crippen molar-refractivity contribution in [2.45, 2.75) is 64.7 Å². The zero-order valence-corrected chi connectivity index (χ0v) is 19.6. The number of carbonyl (C=O) groups is 1. The van der Waals surface area contributed by atoms with Gasteiger partial charge in [-0.25, -0.2) is 4.79 Å². The molecule has 2 fully saturated rings. The molecule has 0 radical (unpaired) electrons. The second kappa shape index (κ2) is 7.91. The van der Waals surface area contributed by atoms with Crippen molar-refractivity contribution in [3.05, 3.63) is 64.3 Å². The van der Waals surface area contributed by atoms with E-state index >= 15 is 0 Å². The lowest BCUT2D eigenvalue weighted by molar-refractivity contribution is -0.177. The highest BCUT2D eigenvalue weighted by Gasteiger charge is 2.52. The number of aromatic amines is 1. The first-order valence-corrected chi connectivity index (χ1v) is 12.4. The molecule has 3 aromatic rings. The molecule has 2 atom stereocenters. The summed E-state index contributed by atoms with van der Waals surface area (Å²) in [4.78, 5) is 19.3. The molecule has 5 nitrogen and oxygen atoms in total. The highest BCUT2D eigenvalue weighted by atomic mass is 16.5. The standard InChI is InChI=1S/C28H32N2O3/c1-18-7-5-8-20(15-18)17-32-27(31)25-19(2)29-23-10-11-24-22(26(23)25)16-21-9-6-14-30-13-4-3-12-28(21,30)33-24/h5,7-8,10-11,15,21,29H,3-4,6,9,12-14,16-17H2,1-2H3. The summed E-state index contributed by atoms with van der Waals surface area (Å²) in [5, 5.41) is 0.988. The maximum absolute atomic E-state index is 13.3. The molecular weight excluding hydrogens is 412 g/mol. The zero-order valence-electron chi connectivity index (χ0n) is 19.6. The van der Waals surface area contributed by atoms with Gasteiger partial charge in [0.05, 0.1) is 5.56 Å². The lowest BCUT2D eigenvalue weighted by Gasteiger charge is -2.56. The summed E-state index contributed by atoms with van der Waals surface area (Å²) in [7, 11) is 0. The molecule has 6 rings (SSSR count). The van der Waals surface area contributed by atoms with Gasteiger partial charge < -0.3 is 14.5 Å². The fourth-order valence-electron chi connectivity index (χ4n) is 6.49. The third kappa shape index (κ3) is 3.36. The number of fused-ring (bicyclic) bond motifs is 3. The molecule has 4 heterocycles. The number of ether oxygens (including phenoxy) is 2. The molecule has 2 aromatic carbocycles. The molecule has 3 aliphatic heterocycles. The van der Waals surface area contributed by atoms with E-state index in [1.807, 2.05) is 32.0 Å². The van der Waals surface area contributed by atoms with Crippen LogP contribution in [0.5, 0.6) is 5.75 Å². The van der Waals surface area contributed by atoms with Crippen LogP contribution in [0, 0.1) is 19.8 Å². The first kappa shape index (κ1) is 20.8. The van der Waals surface area contributed by atoms with E-state index in [-0.39, 0.29) is 18.3 Å². The highest BCUT2D eigenvalue weighted by molar-refractivity contribution is 6.07. The molecule has 0 bridgehead atoms. The lowest BCUT2D eigenvalue weighted by atomic mass is 9.74. The fraction of sp³-hybridized carbons (Fsp3) is 0.464. The van der Waals surface area contributed by atoms with Crippen molar-refractivity contribution in [1.29, 1.82) is 0 Å². The van der Waals surface area contributed by atoms with Crippen LogP contribution < -0.4 is 4.74 Å². The van der Waals surface area contributed by atoms with Crippen LogP contribution in [-0.2, 0) is 17.8 Å². The quantitative estimate of drug-likeness (QED) is 0.529. The van der Waals surface area contributed by atoms with Gasteiger partial charge in [-0.2, -0.15) is 0 Å². The summed E-state index contributed by atoms with van der Waals surface area (Å²) in [6.45, 7) is 6.55. The molecule has 172 valence electrons. The molecular formula is C28H32N2O3. The first-order valence-electron chi connectivity index (χ1n) is 12.4. The van der Waals surface area contributed by atoms with Crippen LogP contribution in [0.15, 0.2) is 36.4 Å². The van der Waals surface area contributed by atoms with Crippen LogP contribution in [0.25, 0.3) is 10.9 Å². The first-order chi connectivity index (χ1) is 16.0. The van der Waals surface area contributed by atoms with Crippen molar-refractivity contribution in [3.63, 3.8) is 0 Å². The van der Waals surface area contributed by atoms with Crippen molar-refractivity contribution >= 4 is 16.9 Å². The Labute approximate surface area is 195 Å². The Morgan fingerprint density at radius 1 is 1.18 bits per heavy atom. The Hall–Kier alpha value is -2.79. The third-order valence-corrected chi connectivity index (χ3v) is 7.98. The van der Waals surface area contributed by atoms with E-state index in [0.717, 1.165) is 59.4 Å². The molecule has 0 aliphatic carbocycles. The number of hydrogen-bond acceptors (Lipinski definition) is 4. The minimum absolute atomic E-state index is 0.158. The molecule has 5 heteroatoms. The fourth-order valence-corrected chi connectivity index (χ4v) is 6.49. The third-order valence-electron chi connectivity index (χ3n) is 7.98. The van der Waals surface area contributed by atoms with E-state index in [4.69, 9.17) is 9.47 Å². The summed E-state index contributed by atoms with van der Waals surface area (Å²) in [5.74, 6) is 1.15. The number of rotatable bonds is 3. The van der Waals surface area contributed by atoms with Crippen molar-refractivity contribution in [2.75, 3.05) is 13.1 Å². The van der Waals surface area contributed by atoms with Crippen LogP contribution in [0.1, 0.15) is 64.8 Å². The number of carbonyl (C=O) groups excluding carboxylic acids is 1. The largest absolute Gasteiger partial charge is 0.472 e. The average molecular weight is 445 g/mol. The Morgan fingerprint density at radius 2 is 2.06 bits per heavy atom. The zero-order chi connectivity index (χ0) is 22.6. The van der Waals surface area contributed by atoms with Crippen LogP contribution >= 0.6 is 0 Å². The van der Waals surface area contributed by atoms with Gasteiger partial charge >= 0.3 is 5.97 Å². The minimum atomic E-state index is -0.267. The summed E-state index contributed by atoms with van der Waals surface area (Å²) in [5.41, 5.74) is 5.69. The second-order valence-corrected chi connectivity index (χ2v) is 10.1. The van der Waals surface area contributed by atoms with Crippen LogP contribution in [0.2, 0.25) is 0 Å². The number of nitrogens with one attached hydrogen (secondary N) is 1. The summed E-state index contributed by atoms with van der Waals surface area (Å²) < 4.78 is 12.7.